The van der Waals surface area contributed by atoms with E-state index >= 15 is 0 Å². The number of fused-ring (bicyclic) bond motifs is 1. The molecule has 0 saturated heterocycles. The molecular weight excluding hydrogens is 322 g/mol. The molecule has 1 aromatic rings. The molecular formula is C16H22ClNO3S. The third-order valence-corrected chi connectivity index (χ3v) is 4.57. The number of carbonyl (C=O) groups is 1. The molecule has 0 aromatic heterocycles. The molecule has 1 aromatic carbocycles. The summed E-state index contributed by atoms with van der Waals surface area (Å²) < 4.78 is 11.0. The number of halogens is 1. The lowest BCUT2D eigenvalue weighted by Gasteiger charge is -2.20. The van der Waals surface area contributed by atoms with Crippen LogP contribution in [0.15, 0.2) is 12.1 Å². The van der Waals surface area contributed by atoms with E-state index in [9.17, 15) is 4.79 Å². The summed E-state index contributed by atoms with van der Waals surface area (Å²) in [5.41, 5.74) is 1.04. The van der Waals surface area contributed by atoms with Crippen LogP contribution in [0.2, 0.25) is 5.02 Å². The van der Waals surface area contributed by atoms with E-state index in [1.165, 1.54) is 0 Å². The van der Waals surface area contributed by atoms with Crippen LogP contribution in [-0.2, 0) is 10.5 Å². The molecule has 122 valence electrons. The number of nitrogens with one attached hydrogen (secondary N) is 1. The van der Waals surface area contributed by atoms with Crippen molar-refractivity contribution in [1.82, 2.24) is 5.32 Å². The molecule has 1 aliphatic rings. The Hall–Kier alpha value is -1.07. The summed E-state index contributed by atoms with van der Waals surface area (Å²) in [4.78, 5) is 11.8. The standard InChI is InChI=1S/C16H22ClNO3S/c1-3-4-11(2)18-15(19)10-22-9-12-7-13(17)16-14(8-12)20-5-6-21-16/h7-8,11H,3-6,9-10H2,1-2H3,(H,18,19)/t11-/m0/s1. The first-order valence-electron chi connectivity index (χ1n) is 7.55. The zero-order valence-electron chi connectivity index (χ0n) is 13.0. The van der Waals surface area contributed by atoms with Crippen LogP contribution >= 0.6 is 23.4 Å². The topological polar surface area (TPSA) is 47.6 Å². The third kappa shape index (κ3) is 4.99. The fourth-order valence-corrected chi connectivity index (χ4v) is 3.39. The smallest absolute Gasteiger partial charge is 0.230 e. The molecule has 1 aliphatic heterocycles. The van der Waals surface area contributed by atoms with Crippen molar-refractivity contribution < 1.29 is 14.3 Å². The summed E-state index contributed by atoms with van der Waals surface area (Å²) in [5.74, 6) is 2.55. The second-order valence-electron chi connectivity index (χ2n) is 5.35. The van der Waals surface area contributed by atoms with Crippen LogP contribution in [0.5, 0.6) is 11.5 Å². The highest BCUT2D eigenvalue weighted by atomic mass is 35.5. The highest BCUT2D eigenvalue weighted by Gasteiger charge is 2.16. The van der Waals surface area contributed by atoms with Crippen molar-refractivity contribution in [2.45, 2.75) is 38.5 Å². The molecule has 2 rings (SSSR count). The van der Waals surface area contributed by atoms with Crippen LogP contribution in [0.1, 0.15) is 32.3 Å². The summed E-state index contributed by atoms with van der Waals surface area (Å²) >= 11 is 7.77. The fourth-order valence-electron chi connectivity index (χ4n) is 2.33. The van der Waals surface area contributed by atoms with Gasteiger partial charge in [0.05, 0.1) is 10.8 Å². The summed E-state index contributed by atoms with van der Waals surface area (Å²) in [6.07, 6.45) is 2.08. The molecule has 1 heterocycles. The van der Waals surface area contributed by atoms with Gasteiger partial charge in [0.25, 0.3) is 0 Å². The Kier molecular flexibility index (Phi) is 6.70. The lowest BCUT2D eigenvalue weighted by molar-refractivity contribution is -0.119. The minimum atomic E-state index is 0.0783. The summed E-state index contributed by atoms with van der Waals surface area (Å²) in [6, 6.07) is 4.05. The number of amides is 1. The SMILES string of the molecule is CCC[C@H](C)NC(=O)CSCc1cc(Cl)c2c(c1)OCCO2. The molecule has 0 radical (unpaired) electrons. The zero-order valence-corrected chi connectivity index (χ0v) is 14.6. The van der Waals surface area contributed by atoms with E-state index in [1.807, 2.05) is 19.1 Å². The van der Waals surface area contributed by atoms with Crippen molar-refractivity contribution in [2.24, 2.45) is 0 Å². The lowest BCUT2D eigenvalue weighted by atomic mass is 10.2. The molecule has 1 atom stereocenters. The van der Waals surface area contributed by atoms with Crippen LogP contribution in [0.3, 0.4) is 0 Å². The lowest BCUT2D eigenvalue weighted by Crippen LogP contribution is -2.33. The third-order valence-electron chi connectivity index (χ3n) is 3.29. The van der Waals surface area contributed by atoms with Gasteiger partial charge in [-0.05, 0) is 31.0 Å². The first-order chi connectivity index (χ1) is 10.6. The van der Waals surface area contributed by atoms with Crippen LogP contribution in [0.25, 0.3) is 0 Å². The zero-order chi connectivity index (χ0) is 15.9. The second kappa shape index (κ2) is 8.53. The van der Waals surface area contributed by atoms with E-state index in [-0.39, 0.29) is 11.9 Å². The number of hydrogen-bond donors (Lipinski definition) is 1. The van der Waals surface area contributed by atoms with Crippen molar-refractivity contribution >= 4 is 29.3 Å². The Labute approximate surface area is 140 Å². The van der Waals surface area contributed by atoms with Gasteiger partial charge in [-0.1, -0.05) is 24.9 Å². The Balaban J connectivity index is 1.82. The van der Waals surface area contributed by atoms with E-state index in [4.69, 9.17) is 21.1 Å². The van der Waals surface area contributed by atoms with Crippen molar-refractivity contribution in [3.8, 4) is 11.5 Å². The number of carbonyl (C=O) groups excluding carboxylic acids is 1. The average Bonchev–Trinajstić information content (AvgIpc) is 2.47. The largest absolute Gasteiger partial charge is 0.486 e. The van der Waals surface area contributed by atoms with E-state index in [0.717, 1.165) is 18.4 Å². The van der Waals surface area contributed by atoms with Gasteiger partial charge in [-0.2, -0.15) is 0 Å². The van der Waals surface area contributed by atoms with Gasteiger partial charge in [0.15, 0.2) is 11.5 Å². The number of thioether (sulfide) groups is 1. The maximum atomic E-state index is 11.8. The minimum absolute atomic E-state index is 0.0783. The summed E-state index contributed by atoms with van der Waals surface area (Å²) in [5, 5.41) is 3.56. The molecule has 0 saturated carbocycles. The van der Waals surface area contributed by atoms with Crippen molar-refractivity contribution in [3.63, 3.8) is 0 Å². The molecule has 0 unspecified atom stereocenters. The predicted molar refractivity (Wildman–Crippen MR) is 91.1 cm³/mol. The van der Waals surface area contributed by atoms with Gasteiger partial charge in [-0.15, -0.1) is 11.8 Å². The monoisotopic (exact) mass is 343 g/mol. The maximum absolute atomic E-state index is 11.8. The molecule has 0 spiro atoms. The molecule has 22 heavy (non-hydrogen) atoms. The first kappa shape index (κ1) is 17.3. The van der Waals surface area contributed by atoms with E-state index in [2.05, 4.69) is 12.2 Å². The van der Waals surface area contributed by atoms with E-state index in [1.54, 1.807) is 11.8 Å². The Morgan fingerprint density at radius 1 is 1.41 bits per heavy atom. The number of rotatable bonds is 7. The van der Waals surface area contributed by atoms with Crippen LogP contribution in [0, 0.1) is 0 Å². The van der Waals surface area contributed by atoms with Crippen LogP contribution < -0.4 is 14.8 Å². The molecule has 1 amide bonds. The quantitative estimate of drug-likeness (QED) is 0.821. The molecule has 0 bridgehead atoms. The van der Waals surface area contributed by atoms with Crippen molar-refractivity contribution in [3.05, 3.63) is 22.7 Å². The van der Waals surface area contributed by atoms with Gasteiger partial charge >= 0.3 is 0 Å². The van der Waals surface area contributed by atoms with Gasteiger partial charge in [0.2, 0.25) is 5.91 Å². The number of ether oxygens (including phenoxy) is 2. The van der Waals surface area contributed by atoms with Crippen molar-refractivity contribution in [2.75, 3.05) is 19.0 Å². The summed E-state index contributed by atoms with van der Waals surface area (Å²) in [6.45, 7) is 5.21. The van der Waals surface area contributed by atoms with Crippen molar-refractivity contribution in [1.29, 1.82) is 0 Å². The summed E-state index contributed by atoms with van der Waals surface area (Å²) in [7, 11) is 0. The van der Waals surface area contributed by atoms with E-state index < -0.39 is 0 Å². The number of benzene rings is 1. The maximum Gasteiger partial charge on any atom is 0.230 e. The Bertz CT molecular complexity index is 524. The molecule has 1 N–H and O–H groups in total. The second-order valence-corrected chi connectivity index (χ2v) is 6.74. The first-order valence-corrected chi connectivity index (χ1v) is 9.08. The minimum Gasteiger partial charge on any atom is -0.486 e. The highest BCUT2D eigenvalue weighted by Crippen LogP contribution is 2.39. The predicted octanol–water partition coefficient (Wildman–Crippen LogP) is 3.65. The van der Waals surface area contributed by atoms with Gasteiger partial charge < -0.3 is 14.8 Å². The van der Waals surface area contributed by atoms with Crippen LogP contribution in [-0.4, -0.2) is 30.9 Å². The normalized spacial score (nSPS) is 14.5. The molecule has 6 heteroatoms. The van der Waals surface area contributed by atoms with Crippen LogP contribution in [0.4, 0.5) is 0 Å². The average molecular weight is 344 g/mol. The number of hydrogen-bond acceptors (Lipinski definition) is 4. The van der Waals surface area contributed by atoms with Gasteiger partial charge in [-0.25, -0.2) is 0 Å². The molecule has 0 fully saturated rings. The molecule has 4 nitrogen and oxygen atoms in total. The van der Waals surface area contributed by atoms with Gasteiger partial charge in [0.1, 0.15) is 13.2 Å². The van der Waals surface area contributed by atoms with E-state index in [0.29, 0.717) is 41.2 Å². The highest BCUT2D eigenvalue weighted by molar-refractivity contribution is 7.99. The van der Waals surface area contributed by atoms with Gasteiger partial charge in [0, 0.05) is 11.8 Å². The Morgan fingerprint density at radius 2 is 2.18 bits per heavy atom. The Morgan fingerprint density at radius 3 is 2.95 bits per heavy atom. The fraction of sp³-hybridized carbons (Fsp3) is 0.562. The van der Waals surface area contributed by atoms with Gasteiger partial charge in [-0.3, -0.25) is 4.79 Å². The molecule has 0 aliphatic carbocycles.